The van der Waals surface area contributed by atoms with Crippen LogP contribution in [0.25, 0.3) is 5.69 Å². The second kappa shape index (κ2) is 11.1. The summed E-state index contributed by atoms with van der Waals surface area (Å²) >= 11 is 0. The summed E-state index contributed by atoms with van der Waals surface area (Å²) in [6.45, 7) is 13.0. The Balaban J connectivity index is 2.28. The van der Waals surface area contributed by atoms with Gasteiger partial charge in [-0.3, -0.25) is 14.9 Å². The molecule has 0 saturated heterocycles. The normalized spacial score (nSPS) is 11.9. The molecular weight excluding hydrogens is 522 g/mol. The molecule has 0 saturated carbocycles. The van der Waals surface area contributed by atoms with Crippen LogP contribution < -0.4 is 9.46 Å². The molecule has 1 N–H and O–H groups in total. The van der Waals surface area contributed by atoms with Crippen LogP contribution in [0.1, 0.15) is 61.3 Å². The molecule has 3 aromatic rings. The predicted octanol–water partition coefficient (Wildman–Crippen LogP) is 5.06. The number of nitro benzene ring substituents is 1. The maximum Gasteiger partial charge on any atom is 0.274 e. The van der Waals surface area contributed by atoms with E-state index in [1.54, 1.807) is 39.6 Å². The molecule has 0 unspecified atom stereocenters. The summed E-state index contributed by atoms with van der Waals surface area (Å²) in [5.41, 5.74) is 1.79. The van der Waals surface area contributed by atoms with Crippen molar-refractivity contribution in [3.8, 4) is 17.3 Å². The highest BCUT2D eigenvalue weighted by atomic mass is 32.2. The molecule has 3 rings (SSSR count). The highest BCUT2D eigenvalue weighted by Crippen LogP contribution is 2.37. The van der Waals surface area contributed by atoms with Gasteiger partial charge in [-0.15, -0.1) is 0 Å². The Morgan fingerprint density at radius 1 is 1.15 bits per heavy atom. The van der Waals surface area contributed by atoms with Crippen molar-refractivity contribution >= 4 is 21.6 Å². The van der Waals surface area contributed by atoms with Gasteiger partial charge >= 0.3 is 0 Å². The lowest BCUT2D eigenvalue weighted by Gasteiger charge is -2.21. The molecule has 1 amide bonds. The van der Waals surface area contributed by atoms with Crippen LogP contribution >= 0.6 is 0 Å². The van der Waals surface area contributed by atoms with Crippen molar-refractivity contribution in [2.75, 3.05) is 13.6 Å². The molecule has 0 atom stereocenters. The van der Waals surface area contributed by atoms with E-state index in [1.165, 1.54) is 16.8 Å². The van der Waals surface area contributed by atoms with E-state index in [9.17, 15) is 23.3 Å². The van der Waals surface area contributed by atoms with Crippen LogP contribution in [-0.2, 0) is 10.0 Å². The Labute approximate surface area is 229 Å². The van der Waals surface area contributed by atoms with E-state index in [0.717, 1.165) is 23.6 Å². The van der Waals surface area contributed by atoms with Crippen molar-refractivity contribution in [3.05, 3.63) is 68.9 Å². The van der Waals surface area contributed by atoms with E-state index in [0.29, 0.717) is 17.8 Å². The highest BCUT2D eigenvalue weighted by Gasteiger charge is 2.31. The molecule has 11 nitrogen and oxygen atoms in total. The van der Waals surface area contributed by atoms with Gasteiger partial charge in [-0.25, -0.2) is 13.1 Å². The lowest BCUT2D eigenvalue weighted by molar-refractivity contribution is -0.385. The zero-order valence-electron chi connectivity index (χ0n) is 23.5. The summed E-state index contributed by atoms with van der Waals surface area (Å²) in [6.07, 6.45) is 0.757. The summed E-state index contributed by atoms with van der Waals surface area (Å²) < 4.78 is 36.9. The van der Waals surface area contributed by atoms with Crippen molar-refractivity contribution in [2.45, 2.75) is 65.3 Å². The third-order valence-corrected chi connectivity index (χ3v) is 7.83. The molecule has 0 fully saturated rings. The van der Waals surface area contributed by atoms with Crippen molar-refractivity contribution in [2.24, 2.45) is 0 Å². The van der Waals surface area contributed by atoms with E-state index in [4.69, 9.17) is 4.74 Å². The van der Waals surface area contributed by atoms with Crippen LogP contribution in [0.3, 0.4) is 0 Å². The molecule has 1 heterocycles. The average Bonchev–Trinajstić information content (AvgIpc) is 3.14. The number of carbonyl (C=O) groups is 1. The van der Waals surface area contributed by atoms with E-state index >= 15 is 0 Å². The highest BCUT2D eigenvalue weighted by molar-refractivity contribution is 7.89. The number of nitro groups is 1. The first-order chi connectivity index (χ1) is 18.1. The van der Waals surface area contributed by atoms with Gasteiger partial charge < -0.3 is 9.64 Å². The first kappa shape index (κ1) is 29.8. The summed E-state index contributed by atoms with van der Waals surface area (Å²) in [5.74, 6) is -0.333. The number of hydrogen-bond donors (Lipinski definition) is 1. The molecule has 12 heteroatoms. The molecule has 0 bridgehead atoms. The smallest absolute Gasteiger partial charge is 0.274 e. The second-order valence-corrected chi connectivity index (χ2v) is 12.1. The maximum absolute atomic E-state index is 13.4. The van der Waals surface area contributed by atoms with Gasteiger partial charge in [0.05, 0.1) is 10.6 Å². The molecule has 0 aliphatic heterocycles. The topological polar surface area (TPSA) is 137 Å². The Kier molecular flexibility index (Phi) is 8.51. The maximum atomic E-state index is 13.4. The standard InChI is InChI=1S/C27H35N5O6S/c1-9-15-30(8)25(33)24-19(4)26(31(28-24)21-12-10-11-17(2)18(21)3)38-22-14-13-20(32(34)35)16-23(22)39(36,37)29-27(5,6)7/h10-14,16,29H,9,15H2,1-8H3. The Morgan fingerprint density at radius 3 is 2.41 bits per heavy atom. The fourth-order valence-electron chi connectivity index (χ4n) is 4.02. The van der Waals surface area contributed by atoms with Crippen LogP contribution in [0.15, 0.2) is 41.3 Å². The molecule has 39 heavy (non-hydrogen) atoms. The fraction of sp³-hybridized carbons (Fsp3) is 0.407. The van der Waals surface area contributed by atoms with Crippen LogP contribution in [0.5, 0.6) is 11.6 Å². The number of aromatic nitrogens is 2. The van der Waals surface area contributed by atoms with Crippen molar-refractivity contribution in [1.82, 2.24) is 19.4 Å². The van der Waals surface area contributed by atoms with Gasteiger partial charge in [-0.2, -0.15) is 9.78 Å². The van der Waals surface area contributed by atoms with Crippen molar-refractivity contribution in [1.29, 1.82) is 0 Å². The first-order valence-electron chi connectivity index (χ1n) is 12.5. The zero-order chi connectivity index (χ0) is 29.3. The van der Waals surface area contributed by atoms with Gasteiger partial charge in [0.1, 0.15) is 10.6 Å². The number of aryl methyl sites for hydroxylation is 1. The van der Waals surface area contributed by atoms with Crippen LogP contribution in [-0.4, -0.2) is 53.1 Å². The largest absolute Gasteiger partial charge is 0.437 e. The van der Waals surface area contributed by atoms with Gasteiger partial charge in [0, 0.05) is 36.8 Å². The van der Waals surface area contributed by atoms with E-state index in [1.807, 2.05) is 39.0 Å². The molecular formula is C27H35N5O6S. The third-order valence-electron chi connectivity index (χ3n) is 6.06. The zero-order valence-corrected chi connectivity index (χ0v) is 24.3. The SMILES string of the molecule is CCCN(C)C(=O)c1nn(-c2cccc(C)c2C)c(Oc2ccc([N+](=O)[O-])cc2S(=O)(=O)NC(C)(C)C)c1C. The van der Waals surface area contributed by atoms with E-state index in [2.05, 4.69) is 9.82 Å². The lowest BCUT2D eigenvalue weighted by atomic mass is 10.1. The number of nitrogens with zero attached hydrogens (tertiary/aromatic N) is 4. The third kappa shape index (κ3) is 6.45. The van der Waals surface area contributed by atoms with E-state index in [-0.39, 0.29) is 23.2 Å². The number of amides is 1. The lowest BCUT2D eigenvalue weighted by Crippen LogP contribution is -2.40. The molecule has 210 valence electrons. The fourth-order valence-corrected chi connectivity index (χ4v) is 5.58. The minimum atomic E-state index is -4.24. The van der Waals surface area contributed by atoms with Gasteiger partial charge in [0.25, 0.3) is 11.6 Å². The Hall–Kier alpha value is -3.77. The number of benzene rings is 2. The van der Waals surface area contributed by atoms with Crippen LogP contribution in [0.4, 0.5) is 5.69 Å². The number of carbonyl (C=O) groups excluding carboxylic acids is 1. The first-order valence-corrected chi connectivity index (χ1v) is 14.0. The second-order valence-electron chi connectivity index (χ2n) is 10.5. The summed E-state index contributed by atoms with van der Waals surface area (Å²) in [7, 11) is -2.56. The molecule has 0 aliphatic carbocycles. The summed E-state index contributed by atoms with van der Waals surface area (Å²) in [5, 5.41) is 16.1. The Morgan fingerprint density at radius 2 is 1.82 bits per heavy atom. The number of hydrogen-bond acceptors (Lipinski definition) is 7. The summed E-state index contributed by atoms with van der Waals surface area (Å²) in [4.78, 5) is 25.2. The van der Waals surface area contributed by atoms with Crippen LogP contribution in [0, 0.1) is 30.9 Å². The molecule has 0 spiro atoms. The number of rotatable bonds is 9. The minimum absolute atomic E-state index is 0.123. The molecule has 0 radical (unpaired) electrons. The van der Waals surface area contributed by atoms with Gasteiger partial charge in [0.15, 0.2) is 5.69 Å². The van der Waals surface area contributed by atoms with Crippen molar-refractivity contribution in [3.63, 3.8) is 0 Å². The predicted molar refractivity (Wildman–Crippen MR) is 148 cm³/mol. The number of sulfonamides is 1. The van der Waals surface area contributed by atoms with Gasteiger partial charge in [-0.05, 0) is 71.2 Å². The monoisotopic (exact) mass is 557 g/mol. The summed E-state index contributed by atoms with van der Waals surface area (Å²) in [6, 6.07) is 8.97. The average molecular weight is 558 g/mol. The molecule has 0 aliphatic rings. The molecule has 2 aromatic carbocycles. The van der Waals surface area contributed by atoms with Gasteiger partial charge in [-0.1, -0.05) is 19.1 Å². The quantitative estimate of drug-likeness (QED) is 0.287. The Bertz CT molecular complexity index is 1520. The number of ether oxygens (including phenoxy) is 1. The van der Waals surface area contributed by atoms with Crippen molar-refractivity contribution < 1.29 is 22.9 Å². The number of nitrogens with one attached hydrogen (secondary N) is 1. The number of non-ortho nitro benzene ring substituents is 1. The molecule has 1 aromatic heterocycles. The minimum Gasteiger partial charge on any atom is -0.437 e. The van der Waals surface area contributed by atoms with Gasteiger partial charge in [0.2, 0.25) is 15.9 Å². The van der Waals surface area contributed by atoms with E-state index < -0.39 is 31.1 Å². The van der Waals surface area contributed by atoms with Crippen LogP contribution in [0.2, 0.25) is 0 Å².